The molecule has 0 radical (unpaired) electrons. The number of nitrogens with zero attached hydrogens (tertiary/aromatic N) is 1. The Kier molecular flexibility index (Phi) is 4.82. The molecule has 1 saturated carbocycles. The predicted octanol–water partition coefficient (Wildman–Crippen LogP) is 4.02. The molecular formula is C15H23N3O2. The van der Waals surface area contributed by atoms with Gasteiger partial charge < -0.3 is 10.6 Å². The minimum atomic E-state index is -0.301. The van der Waals surface area contributed by atoms with Gasteiger partial charge in [0.05, 0.1) is 4.92 Å². The fourth-order valence-corrected chi connectivity index (χ4v) is 2.44. The minimum absolute atomic E-state index is 0.156. The molecule has 110 valence electrons. The van der Waals surface area contributed by atoms with Gasteiger partial charge >= 0.3 is 5.69 Å². The first-order valence-corrected chi connectivity index (χ1v) is 7.39. The molecule has 0 amide bonds. The molecule has 5 heteroatoms. The molecule has 0 bridgehead atoms. The molecule has 1 atom stereocenters. The van der Waals surface area contributed by atoms with Crippen LogP contribution in [0.15, 0.2) is 18.2 Å². The molecule has 5 nitrogen and oxygen atoms in total. The van der Waals surface area contributed by atoms with Crippen molar-refractivity contribution in [2.45, 2.75) is 45.6 Å². The highest BCUT2D eigenvalue weighted by Gasteiger charge is 2.25. The van der Waals surface area contributed by atoms with E-state index >= 15 is 0 Å². The number of rotatable bonds is 8. The molecule has 20 heavy (non-hydrogen) atoms. The number of hydrogen-bond donors (Lipinski definition) is 2. The van der Waals surface area contributed by atoms with Crippen molar-refractivity contribution in [3.05, 3.63) is 28.3 Å². The molecule has 0 heterocycles. The molecule has 0 aliphatic heterocycles. The Morgan fingerprint density at radius 1 is 1.40 bits per heavy atom. The van der Waals surface area contributed by atoms with Crippen molar-refractivity contribution < 1.29 is 4.92 Å². The van der Waals surface area contributed by atoms with Crippen LogP contribution in [-0.2, 0) is 0 Å². The van der Waals surface area contributed by atoms with Crippen LogP contribution in [0.3, 0.4) is 0 Å². The number of nitro groups is 1. The van der Waals surface area contributed by atoms with Crippen LogP contribution in [0.2, 0.25) is 0 Å². The summed E-state index contributed by atoms with van der Waals surface area (Å²) in [5, 5.41) is 17.8. The first-order valence-electron chi connectivity index (χ1n) is 7.39. The largest absolute Gasteiger partial charge is 0.379 e. The van der Waals surface area contributed by atoms with Gasteiger partial charge in [0.25, 0.3) is 0 Å². The van der Waals surface area contributed by atoms with Crippen molar-refractivity contribution in [2.75, 3.05) is 17.2 Å². The van der Waals surface area contributed by atoms with Crippen molar-refractivity contribution >= 4 is 17.1 Å². The Labute approximate surface area is 119 Å². The van der Waals surface area contributed by atoms with E-state index in [0.717, 1.165) is 25.3 Å². The molecular weight excluding hydrogens is 254 g/mol. The Bertz CT molecular complexity index is 472. The third kappa shape index (κ3) is 3.85. The molecule has 0 spiro atoms. The van der Waals surface area contributed by atoms with Gasteiger partial charge in [-0.25, -0.2) is 0 Å². The van der Waals surface area contributed by atoms with E-state index < -0.39 is 0 Å². The summed E-state index contributed by atoms with van der Waals surface area (Å²) >= 11 is 0. The smallest absolute Gasteiger partial charge is 0.315 e. The zero-order valence-electron chi connectivity index (χ0n) is 12.2. The van der Waals surface area contributed by atoms with Gasteiger partial charge in [-0.05, 0) is 37.8 Å². The highest BCUT2D eigenvalue weighted by molar-refractivity contribution is 5.76. The molecule has 0 aromatic heterocycles. The van der Waals surface area contributed by atoms with E-state index in [1.54, 1.807) is 12.1 Å². The van der Waals surface area contributed by atoms with Crippen LogP contribution in [0.5, 0.6) is 0 Å². The Hall–Kier alpha value is -1.78. The molecule has 1 aliphatic rings. The highest BCUT2D eigenvalue weighted by Crippen LogP contribution is 2.36. The first kappa shape index (κ1) is 14.6. The Morgan fingerprint density at radius 3 is 2.70 bits per heavy atom. The van der Waals surface area contributed by atoms with Crippen LogP contribution < -0.4 is 10.6 Å². The summed E-state index contributed by atoms with van der Waals surface area (Å²) in [7, 11) is 0. The number of nitrogens with one attached hydrogen (secondary N) is 2. The third-order valence-corrected chi connectivity index (χ3v) is 3.57. The second-order valence-corrected chi connectivity index (χ2v) is 5.61. The van der Waals surface area contributed by atoms with Gasteiger partial charge in [0, 0.05) is 12.6 Å². The zero-order chi connectivity index (χ0) is 14.5. The van der Waals surface area contributed by atoms with Gasteiger partial charge in [0.2, 0.25) is 0 Å². The number of benzene rings is 1. The van der Waals surface area contributed by atoms with Crippen LogP contribution >= 0.6 is 0 Å². The maximum atomic E-state index is 11.3. The van der Waals surface area contributed by atoms with Gasteiger partial charge in [-0.3, -0.25) is 10.1 Å². The first-order chi connectivity index (χ1) is 9.61. The second kappa shape index (κ2) is 6.59. The summed E-state index contributed by atoms with van der Waals surface area (Å²) in [6.07, 6.45) is 4.62. The molecule has 1 unspecified atom stereocenters. The van der Waals surface area contributed by atoms with Crippen molar-refractivity contribution in [3.8, 4) is 0 Å². The molecule has 1 aromatic carbocycles. The van der Waals surface area contributed by atoms with Crippen LogP contribution in [0.4, 0.5) is 17.1 Å². The minimum Gasteiger partial charge on any atom is -0.379 e. The van der Waals surface area contributed by atoms with E-state index in [0.29, 0.717) is 11.4 Å². The van der Waals surface area contributed by atoms with Gasteiger partial charge in [-0.1, -0.05) is 25.8 Å². The van der Waals surface area contributed by atoms with Crippen molar-refractivity contribution in [1.29, 1.82) is 0 Å². The molecule has 1 aromatic rings. The van der Waals surface area contributed by atoms with Crippen molar-refractivity contribution in [2.24, 2.45) is 5.92 Å². The maximum absolute atomic E-state index is 11.3. The molecule has 1 fully saturated rings. The van der Waals surface area contributed by atoms with E-state index in [-0.39, 0.29) is 16.7 Å². The van der Waals surface area contributed by atoms with Gasteiger partial charge in [0.15, 0.2) is 0 Å². The van der Waals surface area contributed by atoms with E-state index in [4.69, 9.17) is 0 Å². The average molecular weight is 277 g/mol. The Balaban J connectivity index is 2.14. The number of anilines is 2. The lowest BCUT2D eigenvalue weighted by Crippen LogP contribution is -2.17. The molecule has 2 rings (SSSR count). The van der Waals surface area contributed by atoms with E-state index in [2.05, 4.69) is 17.6 Å². The highest BCUT2D eigenvalue weighted by atomic mass is 16.6. The fourth-order valence-electron chi connectivity index (χ4n) is 2.44. The predicted molar refractivity (Wildman–Crippen MR) is 82.3 cm³/mol. The van der Waals surface area contributed by atoms with E-state index in [1.165, 1.54) is 12.8 Å². The normalized spacial score (nSPS) is 15.7. The van der Waals surface area contributed by atoms with E-state index in [1.807, 2.05) is 13.0 Å². The zero-order valence-corrected chi connectivity index (χ0v) is 12.2. The lowest BCUT2D eigenvalue weighted by Gasteiger charge is -2.16. The topological polar surface area (TPSA) is 67.2 Å². The molecule has 0 saturated heterocycles. The fraction of sp³-hybridized carbons (Fsp3) is 0.600. The summed E-state index contributed by atoms with van der Waals surface area (Å²) in [6.45, 7) is 4.87. The summed E-state index contributed by atoms with van der Waals surface area (Å²) < 4.78 is 0. The van der Waals surface area contributed by atoms with Crippen LogP contribution in [-0.4, -0.2) is 17.5 Å². The van der Waals surface area contributed by atoms with Crippen molar-refractivity contribution in [3.63, 3.8) is 0 Å². The summed E-state index contributed by atoms with van der Waals surface area (Å²) in [6, 6.07) is 5.68. The quantitative estimate of drug-likeness (QED) is 0.556. The van der Waals surface area contributed by atoms with E-state index in [9.17, 15) is 10.1 Å². The van der Waals surface area contributed by atoms with Gasteiger partial charge in [-0.2, -0.15) is 0 Å². The summed E-state index contributed by atoms with van der Waals surface area (Å²) in [4.78, 5) is 11.0. The lowest BCUT2D eigenvalue weighted by atomic mass is 10.1. The maximum Gasteiger partial charge on any atom is 0.315 e. The number of nitro benzene ring substituents is 1. The third-order valence-electron chi connectivity index (χ3n) is 3.57. The van der Waals surface area contributed by atoms with Gasteiger partial charge in [0.1, 0.15) is 11.4 Å². The van der Waals surface area contributed by atoms with Crippen LogP contribution in [0, 0.1) is 16.0 Å². The average Bonchev–Trinajstić information content (AvgIpc) is 3.19. The monoisotopic (exact) mass is 277 g/mol. The second-order valence-electron chi connectivity index (χ2n) is 5.61. The SMILES string of the molecule is CCCNc1cccc(NC(C)CC2CC2)c1[N+](=O)[O-]. The van der Waals surface area contributed by atoms with Crippen LogP contribution in [0.25, 0.3) is 0 Å². The lowest BCUT2D eigenvalue weighted by molar-refractivity contribution is -0.383. The molecule has 1 aliphatic carbocycles. The molecule has 2 N–H and O–H groups in total. The van der Waals surface area contributed by atoms with Gasteiger partial charge in [-0.15, -0.1) is 0 Å². The Morgan fingerprint density at radius 2 is 2.10 bits per heavy atom. The van der Waals surface area contributed by atoms with Crippen LogP contribution in [0.1, 0.15) is 39.5 Å². The number of hydrogen-bond acceptors (Lipinski definition) is 4. The van der Waals surface area contributed by atoms with Crippen molar-refractivity contribution in [1.82, 2.24) is 0 Å². The number of para-hydroxylation sites is 1. The summed E-state index contributed by atoms with van der Waals surface area (Å²) in [5.74, 6) is 0.804. The summed E-state index contributed by atoms with van der Waals surface area (Å²) in [5.41, 5.74) is 1.37. The standard InChI is InChI=1S/C15H23N3O2/c1-3-9-16-13-5-4-6-14(15(13)18(19)20)17-11(2)10-12-7-8-12/h4-6,11-12,16-17H,3,7-10H2,1-2H3.